The van der Waals surface area contributed by atoms with Crippen LogP contribution in [0.2, 0.25) is 0 Å². The van der Waals surface area contributed by atoms with Crippen molar-refractivity contribution in [2.45, 2.75) is 38.9 Å². The monoisotopic (exact) mass is 359 g/mol. The van der Waals surface area contributed by atoms with Gasteiger partial charge in [0.1, 0.15) is 6.54 Å². The number of alkyl halides is 3. The van der Waals surface area contributed by atoms with Crippen LogP contribution in [0.3, 0.4) is 0 Å². The third-order valence-corrected chi connectivity index (χ3v) is 5.23. The molecule has 0 saturated carbocycles. The number of likely N-dealkylation sites (tertiary alicyclic amines) is 1. The maximum atomic E-state index is 12.9. The summed E-state index contributed by atoms with van der Waals surface area (Å²) in [5, 5.41) is 4.16. The first kappa shape index (κ1) is 17.3. The minimum absolute atomic E-state index is 0.273. The van der Waals surface area contributed by atoms with Crippen LogP contribution in [0.4, 0.5) is 13.2 Å². The van der Waals surface area contributed by atoms with Gasteiger partial charge in [0.25, 0.3) is 0 Å². The van der Waals surface area contributed by atoms with E-state index in [1.165, 1.54) is 11.3 Å². The molecule has 0 radical (unpaired) electrons. The Bertz CT molecular complexity index is 686. The SMILES string of the molecule is Cc1ncsc1-c1nc(CC2CCN(C)CC2)nn1CC(F)(F)F. The molecule has 0 unspecified atom stereocenters. The lowest BCUT2D eigenvalue weighted by Crippen LogP contribution is -2.31. The third kappa shape index (κ3) is 4.13. The zero-order valence-corrected chi connectivity index (χ0v) is 14.5. The van der Waals surface area contributed by atoms with E-state index >= 15 is 0 Å². The summed E-state index contributed by atoms with van der Waals surface area (Å²) in [6.45, 7) is 2.67. The van der Waals surface area contributed by atoms with Gasteiger partial charge < -0.3 is 4.90 Å². The molecule has 9 heteroatoms. The topological polar surface area (TPSA) is 46.8 Å². The molecule has 0 aromatic carbocycles. The molecule has 2 aromatic rings. The summed E-state index contributed by atoms with van der Waals surface area (Å²) >= 11 is 1.29. The highest BCUT2D eigenvalue weighted by molar-refractivity contribution is 7.13. The Morgan fingerprint density at radius 2 is 2.00 bits per heavy atom. The molecule has 0 N–H and O–H groups in total. The number of rotatable bonds is 4. The van der Waals surface area contributed by atoms with Gasteiger partial charge in [-0.25, -0.2) is 14.6 Å². The molecule has 1 saturated heterocycles. The molecule has 5 nitrogen and oxygen atoms in total. The molecule has 1 aliphatic heterocycles. The highest BCUT2D eigenvalue weighted by Crippen LogP contribution is 2.29. The Morgan fingerprint density at radius 1 is 1.29 bits per heavy atom. The van der Waals surface area contributed by atoms with Crippen molar-refractivity contribution in [2.24, 2.45) is 5.92 Å². The molecule has 0 spiro atoms. The first-order chi connectivity index (χ1) is 11.3. The molecule has 3 heterocycles. The van der Waals surface area contributed by atoms with Crippen LogP contribution < -0.4 is 0 Å². The van der Waals surface area contributed by atoms with Gasteiger partial charge in [-0.2, -0.15) is 18.3 Å². The van der Waals surface area contributed by atoms with Gasteiger partial charge in [0.15, 0.2) is 11.6 Å². The van der Waals surface area contributed by atoms with Crippen molar-refractivity contribution < 1.29 is 13.2 Å². The van der Waals surface area contributed by atoms with E-state index in [2.05, 4.69) is 27.0 Å². The summed E-state index contributed by atoms with van der Waals surface area (Å²) in [7, 11) is 2.08. The standard InChI is InChI=1S/C15H20F3N5S/c1-10-13(24-9-19-10)14-20-12(21-23(14)8-15(16,17)18)7-11-3-5-22(2)6-4-11/h9,11H,3-8H2,1-2H3. The number of thiazole rings is 1. The lowest BCUT2D eigenvalue weighted by molar-refractivity contribution is -0.142. The average molecular weight is 359 g/mol. The van der Waals surface area contributed by atoms with Crippen LogP contribution >= 0.6 is 11.3 Å². The van der Waals surface area contributed by atoms with Crippen LogP contribution in [0.1, 0.15) is 24.4 Å². The van der Waals surface area contributed by atoms with Gasteiger partial charge >= 0.3 is 6.18 Å². The summed E-state index contributed by atoms with van der Waals surface area (Å²) in [5.74, 6) is 1.20. The second-order valence-electron chi connectivity index (χ2n) is 6.34. The number of hydrogen-bond acceptors (Lipinski definition) is 5. The lowest BCUT2D eigenvalue weighted by Gasteiger charge is -2.28. The highest BCUT2D eigenvalue weighted by atomic mass is 32.1. The molecular formula is C15H20F3N5S. The Morgan fingerprint density at radius 3 is 2.58 bits per heavy atom. The van der Waals surface area contributed by atoms with Crippen LogP contribution in [0.5, 0.6) is 0 Å². The Kier molecular flexibility index (Phi) is 4.91. The van der Waals surface area contributed by atoms with Crippen LogP contribution in [-0.2, 0) is 13.0 Å². The van der Waals surface area contributed by atoms with E-state index in [9.17, 15) is 13.2 Å². The van der Waals surface area contributed by atoms with Gasteiger partial charge in [0, 0.05) is 6.42 Å². The van der Waals surface area contributed by atoms with Crippen LogP contribution in [-0.4, -0.2) is 51.0 Å². The summed E-state index contributed by atoms with van der Waals surface area (Å²) in [6.07, 6.45) is -1.64. The van der Waals surface area contributed by atoms with Crippen molar-refractivity contribution >= 4 is 11.3 Å². The summed E-state index contributed by atoms with van der Waals surface area (Å²) in [5.41, 5.74) is 2.30. The first-order valence-electron chi connectivity index (χ1n) is 7.91. The molecule has 132 valence electrons. The predicted octanol–water partition coefficient (Wildman–Crippen LogP) is 3.16. The molecule has 0 bridgehead atoms. The van der Waals surface area contributed by atoms with E-state index in [1.807, 2.05) is 0 Å². The van der Waals surface area contributed by atoms with Gasteiger partial charge in [0.05, 0.1) is 16.1 Å². The summed E-state index contributed by atoms with van der Waals surface area (Å²) in [6, 6.07) is 0. The quantitative estimate of drug-likeness (QED) is 0.841. The molecule has 0 amide bonds. The van der Waals surface area contributed by atoms with Crippen LogP contribution in [0.25, 0.3) is 10.7 Å². The van der Waals surface area contributed by atoms with Gasteiger partial charge in [0.2, 0.25) is 0 Å². The smallest absolute Gasteiger partial charge is 0.306 e. The number of aromatic nitrogens is 4. The third-order valence-electron chi connectivity index (χ3n) is 4.30. The van der Waals surface area contributed by atoms with Crippen molar-refractivity contribution in [1.82, 2.24) is 24.6 Å². The number of hydrogen-bond donors (Lipinski definition) is 0. The average Bonchev–Trinajstić information content (AvgIpc) is 3.06. The zero-order chi connectivity index (χ0) is 17.3. The van der Waals surface area contributed by atoms with E-state index in [-0.39, 0.29) is 5.82 Å². The highest BCUT2D eigenvalue weighted by Gasteiger charge is 2.31. The van der Waals surface area contributed by atoms with E-state index in [1.54, 1.807) is 12.4 Å². The predicted molar refractivity (Wildman–Crippen MR) is 85.8 cm³/mol. The van der Waals surface area contributed by atoms with Gasteiger partial charge in [-0.05, 0) is 45.8 Å². The van der Waals surface area contributed by atoms with Gasteiger partial charge in [-0.1, -0.05) is 0 Å². The summed E-state index contributed by atoms with van der Waals surface area (Å²) < 4.78 is 39.6. The number of aryl methyl sites for hydroxylation is 1. The summed E-state index contributed by atoms with van der Waals surface area (Å²) in [4.78, 5) is 11.5. The normalized spacial score (nSPS) is 17.5. The fourth-order valence-electron chi connectivity index (χ4n) is 2.96. The maximum Gasteiger partial charge on any atom is 0.408 e. The van der Waals surface area contributed by atoms with E-state index in [0.29, 0.717) is 28.7 Å². The minimum atomic E-state index is -4.33. The molecular weight excluding hydrogens is 339 g/mol. The van der Waals surface area contributed by atoms with Crippen molar-refractivity contribution in [1.29, 1.82) is 0 Å². The van der Waals surface area contributed by atoms with E-state index < -0.39 is 12.7 Å². The van der Waals surface area contributed by atoms with E-state index in [4.69, 9.17) is 0 Å². The minimum Gasteiger partial charge on any atom is -0.306 e. The molecule has 24 heavy (non-hydrogen) atoms. The first-order valence-corrected chi connectivity index (χ1v) is 8.79. The maximum absolute atomic E-state index is 12.9. The van der Waals surface area contributed by atoms with Crippen molar-refractivity contribution in [3.05, 3.63) is 17.0 Å². The van der Waals surface area contributed by atoms with Crippen molar-refractivity contribution in [2.75, 3.05) is 20.1 Å². The number of halogens is 3. The van der Waals surface area contributed by atoms with Crippen molar-refractivity contribution in [3.63, 3.8) is 0 Å². The zero-order valence-electron chi connectivity index (χ0n) is 13.7. The van der Waals surface area contributed by atoms with Gasteiger partial charge in [-0.3, -0.25) is 0 Å². The molecule has 2 aromatic heterocycles. The second-order valence-corrected chi connectivity index (χ2v) is 7.20. The van der Waals surface area contributed by atoms with E-state index in [0.717, 1.165) is 30.6 Å². The molecule has 0 atom stereocenters. The number of piperidine rings is 1. The second kappa shape index (κ2) is 6.79. The molecule has 1 fully saturated rings. The Hall–Kier alpha value is -1.48. The van der Waals surface area contributed by atoms with Gasteiger partial charge in [-0.15, -0.1) is 11.3 Å². The number of nitrogens with zero attached hydrogens (tertiary/aromatic N) is 5. The molecule has 1 aliphatic rings. The fraction of sp³-hybridized carbons (Fsp3) is 0.667. The lowest BCUT2D eigenvalue weighted by atomic mass is 9.94. The fourth-order valence-corrected chi connectivity index (χ4v) is 3.76. The Balaban J connectivity index is 1.84. The van der Waals surface area contributed by atoms with Crippen LogP contribution in [0, 0.1) is 12.8 Å². The Labute approximate surface area is 142 Å². The largest absolute Gasteiger partial charge is 0.408 e. The molecule has 0 aliphatic carbocycles. The van der Waals surface area contributed by atoms with Crippen molar-refractivity contribution in [3.8, 4) is 10.7 Å². The molecule has 3 rings (SSSR count). The van der Waals surface area contributed by atoms with Crippen LogP contribution in [0.15, 0.2) is 5.51 Å².